The molecular formula is C23H20FN3O4. The van der Waals surface area contributed by atoms with Crippen LogP contribution in [-0.4, -0.2) is 18.4 Å². The summed E-state index contributed by atoms with van der Waals surface area (Å²) in [6.45, 7) is 2.03. The molecule has 31 heavy (non-hydrogen) atoms. The molecule has 1 aliphatic carbocycles. The monoisotopic (exact) mass is 421 g/mol. The fraction of sp³-hybridized carbons (Fsp3) is 0.217. The molecule has 1 amide bonds. The molecule has 158 valence electrons. The number of rotatable bonds is 4. The van der Waals surface area contributed by atoms with Crippen LogP contribution < -0.4 is 20.2 Å². The van der Waals surface area contributed by atoms with E-state index in [-0.39, 0.29) is 24.3 Å². The molecule has 0 atom stereocenters. The van der Waals surface area contributed by atoms with Gasteiger partial charge in [-0.2, -0.15) is 5.10 Å². The Bertz CT molecular complexity index is 1180. The molecule has 7 nitrogen and oxygen atoms in total. The van der Waals surface area contributed by atoms with Gasteiger partial charge in [-0.05, 0) is 56.2 Å². The highest BCUT2D eigenvalue weighted by molar-refractivity contribution is 6.09. The van der Waals surface area contributed by atoms with Crippen molar-refractivity contribution in [3.63, 3.8) is 0 Å². The van der Waals surface area contributed by atoms with E-state index in [0.29, 0.717) is 22.9 Å². The van der Waals surface area contributed by atoms with Gasteiger partial charge in [-0.1, -0.05) is 0 Å². The van der Waals surface area contributed by atoms with E-state index in [1.807, 2.05) is 6.92 Å². The fourth-order valence-corrected chi connectivity index (χ4v) is 3.82. The van der Waals surface area contributed by atoms with Crippen LogP contribution in [0, 0.1) is 12.7 Å². The number of aryl methyl sites for hydroxylation is 1. The first-order valence-electron chi connectivity index (χ1n) is 10.0. The predicted octanol–water partition coefficient (Wildman–Crippen LogP) is 4.86. The molecule has 2 aliphatic rings. The molecule has 2 N–H and O–H groups in total. The Hall–Kier alpha value is -3.81. The maximum Gasteiger partial charge on any atom is 0.291 e. The van der Waals surface area contributed by atoms with Gasteiger partial charge >= 0.3 is 0 Å². The minimum Gasteiger partial charge on any atom is -0.455 e. The summed E-state index contributed by atoms with van der Waals surface area (Å²) < 4.78 is 29.7. The molecular weight excluding hydrogens is 401 g/mol. The van der Waals surface area contributed by atoms with E-state index in [4.69, 9.17) is 13.9 Å². The smallest absolute Gasteiger partial charge is 0.291 e. The normalized spacial score (nSPS) is 15.6. The third-order valence-electron chi connectivity index (χ3n) is 5.33. The third kappa shape index (κ3) is 3.72. The van der Waals surface area contributed by atoms with Crippen molar-refractivity contribution >= 4 is 23.0 Å². The molecule has 1 aromatic heterocycles. The zero-order valence-corrected chi connectivity index (χ0v) is 16.8. The highest BCUT2D eigenvalue weighted by Crippen LogP contribution is 2.35. The number of fused-ring (bicyclic) bond motifs is 2. The van der Waals surface area contributed by atoms with Crippen LogP contribution >= 0.6 is 0 Å². The number of hydrazone groups is 1. The molecule has 3 aromatic rings. The summed E-state index contributed by atoms with van der Waals surface area (Å²) in [5.74, 6) is 1.61. The quantitative estimate of drug-likeness (QED) is 0.588. The van der Waals surface area contributed by atoms with Crippen LogP contribution in [-0.2, 0) is 6.42 Å². The summed E-state index contributed by atoms with van der Waals surface area (Å²) in [4.78, 5) is 12.9. The lowest BCUT2D eigenvalue weighted by Crippen LogP contribution is -2.14. The van der Waals surface area contributed by atoms with Crippen LogP contribution in [0.15, 0.2) is 52.0 Å². The van der Waals surface area contributed by atoms with Crippen LogP contribution in [0.5, 0.6) is 11.5 Å². The van der Waals surface area contributed by atoms with Crippen molar-refractivity contribution in [2.75, 3.05) is 17.5 Å². The summed E-state index contributed by atoms with van der Waals surface area (Å²) in [6, 6.07) is 11.2. The van der Waals surface area contributed by atoms with Crippen molar-refractivity contribution in [3.8, 4) is 11.5 Å². The van der Waals surface area contributed by atoms with Crippen LogP contribution in [0.4, 0.5) is 15.8 Å². The van der Waals surface area contributed by atoms with Crippen molar-refractivity contribution in [1.29, 1.82) is 0 Å². The van der Waals surface area contributed by atoms with Gasteiger partial charge in [0.05, 0.1) is 11.4 Å². The molecule has 0 unspecified atom stereocenters. The predicted molar refractivity (Wildman–Crippen MR) is 113 cm³/mol. The largest absolute Gasteiger partial charge is 0.455 e. The lowest BCUT2D eigenvalue weighted by Gasteiger charge is -2.13. The van der Waals surface area contributed by atoms with E-state index in [9.17, 15) is 9.18 Å². The molecule has 0 bridgehead atoms. The van der Waals surface area contributed by atoms with Crippen molar-refractivity contribution < 1.29 is 23.1 Å². The Balaban J connectivity index is 1.38. The standard InChI is InChI=1S/C23H20FN3O4/c1-13-21-17(27-26-15-7-5-14(24)6-8-15)3-2-4-19(21)31-22(13)23(28)25-16-9-10-18-20(11-16)30-12-29-18/h5-11,26H,2-4,12H2,1H3,(H,25,28)/b27-17+. The Labute approximate surface area is 177 Å². The average Bonchev–Trinajstić information content (AvgIpc) is 3.37. The highest BCUT2D eigenvalue weighted by atomic mass is 19.1. The van der Waals surface area contributed by atoms with E-state index in [1.54, 1.807) is 30.3 Å². The number of amides is 1. The van der Waals surface area contributed by atoms with E-state index in [2.05, 4.69) is 15.8 Å². The number of furan rings is 1. The summed E-state index contributed by atoms with van der Waals surface area (Å²) in [5, 5.41) is 7.36. The molecule has 0 saturated carbocycles. The summed E-state index contributed by atoms with van der Waals surface area (Å²) in [6.07, 6.45) is 2.36. The molecule has 0 saturated heterocycles. The lowest BCUT2D eigenvalue weighted by atomic mass is 9.93. The average molecular weight is 421 g/mol. The number of anilines is 2. The number of nitrogens with zero attached hydrogens (tertiary/aromatic N) is 1. The molecule has 1 aliphatic heterocycles. The Morgan fingerprint density at radius 2 is 1.81 bits per heavy atom. The summed E-state index contributed by atoms with van der Waals surface area (Å²) in [5.41, 5.74) is 6.66. The number of ether oxygens (including phenoxy) is 2. The first-order valence-corrected chi connectivity index (χ1v) is 10.0. The van der Waals surface area contributed by atoms with E-state index in [0.717, 1.165) is 41.9 Å². The van der Waals surface area contributed by atoms with Gasteiger partial charge in [0.25, 0.3) is 5.91 Å². The molecule has 2 aromatic carbocycles. The summed E-state index contributed by atoms with van der Waals surface area (Å²) in [7, 11) is 0. The van der Waals surface area contributed by atoms with Gasteiger partial charge in [-0.25, -0.2) is 4.39 Å². The van der Waals surface area contributed by atoms with E-state index in [1.165, 1.54) is 12.1 Å². The minimum absolute atomic E-state index is 0.171. The van der Waals surface area contributed by atoms with Gasteiger partial charge in [0.1, 0.15) is 11.6 Å². The van der Waals surface area contributed by atoms with Gasteiger partial charge < -0.3 is 19.2 Å². The van der Waals surface area contributed by atoms with Gasteiger partial charge in [-0.3, -0.25) is 10.2 Å². The molecule has 0 fully saturated rings. The molecule has 5 rings (SSSR count). The van der Waals surface area contributed by atoms with Crippen LogP contribution in [0.25, 0.3) is 0 Å². The SMILES string of the molecule is Cc1c(C(=O)Nc2ccc3c(c2)OCO3)oc2c1/C(=N/Nc1ccc(F)cc1)CCC2. The number of benzene rings is 2. The second-order valence-electron chi connectivity index (χ2n) is 7.41. The van der Waals surface area contributed by atoms with Gasteiger partial charge in [0, 0.05) is 29.3 Å². The first kappa shape index (κ1) is 19.2. The van der Waals surface area contributed by atoms with Crippen molar-refractivity contribution in [2.24, 2.45) is 5.10 Å². The Morgan fingerprint density at radius 1 is 1.03 bits per heavy atom. The van der Waals surface area contributed by atoms with Crippen LogP contribution in [0.2, 0.25) is 0 Å². The second-order valence-corrected chi connectivity index (χ2v) is 7.41. The Morgan fingerprint density at radius 3 is 2.65 bits per heavy atom. The van der Waals surface area contributed by atoms with Gasteiger partial charge in [0.15, 0.2) is 17.3 Å². The third-order valence-corrected chi connectivity index (χ3v) is 5.33. The van der Waals surface area contributed by atoms with Gasteiger partial charge in [0.2, 0.25) is 6.79 Å². The van der Waals surface area contributed by atoms with Crippen LogP contribution in [0.1, 0.15) is 40.3 Å². The van der Waals surface area contributed by atoms with E-state index >= 15 is 0 Å². The number of carbonyl (C=O) groups excluding carboxylic acids is 1. The summed E-state index contributed by atoms with van der Waals surface area (Å²) >= 11 is 0. The number of nitrogens with one attached hydrogen (secondary N) is 2. The maximum absolute atomic E-state index is 13.1. The minimum atomic E-state index is -0.336. The zero-order valence-electron chi connectivity index (χ0n) is 16.8. The number of hydrogen-bond donors (Lipinski definition) is 2. The first-order chi connectivity index (χ1) is 15.1. The van der Waals surface area contributed by atoms with Crippen LogP contribution in [0.3, 0.4) is 0 Å². The molecule has 2 heterocycles. The number of carbonyl (C=O) groups is 1. The van der Waals surface area contributed by atoms with Crippen molar-refractivity contribution in [2.45, 2.75) is 26.2 Å². The van der Waals surface area contributed by atoms with E-state index < -0.39 is 0 Å². The fourth-order valence-electron chi connectivity index (χ4n) is 3.82. The van der Waals surface area contributed by atoms with Crippen molar-refractivity contribution in [3.05, 3.63) is 70.9 Å². The second kappa shape index (κ2) is 7.79. The lowest BCUT2D eigenvalue weighted by molar-refractivity contribution is 0.0994. The number of hydrogen-bond acceptors (Lipinski definition) is 6. The molecule has 0 radical (unpaired) electrons. The maximum atomic E-state index is 13.1. The number of halogens is 1. The highest BCUT2D eigenvalue weighted by Gasteiger charge is 2.28. The van der Waals surface area contributed by atoms with Gasteiger partial charge in [-0.15, -0.1) is 0 Å². The molecule has 8 heteroatoms. The Kier molecular flexibility index (Phi) is 4.82. The zero-order chi connectivity index (χ0) is 21.4. The topological polar surface area (TPSA) is 85.1 Å². The van der Waals surface area contributed by atoms with Crippen molar-refractivity contribution in [1.82, 2.24) is 0 Å². The molecule has 0 spiro atoms.